The largest absolute Gasteiger partial charge is 0.520 e. The van der Waals surface area contributed by atoms with E-state index in [2.05, 4.69) is 58.1 Å². The summed E-state index contributed by atoms with van der Waals surface area (Å²) in [5.74, 6) is 1.07. The Morgan fingerprint density at radius 3 is 2.43 bits per heavy atom. The Hall–Kier alpha value is -0.863. The molecule has 0 saturated heterocycles. The number of hydrogen-bond donors (Lipinski definition) is 1. The maximum atomic E-state index is 13.1. The zero-order valence-electron chi connectivity index (χ0n) is 20.2. The van der Waals surface area contributed by atoms with Crippen molar-refractivity contribution in [2.75, 3.05) is 6.26 Å². The summed E-state index contributed by atoms with van der Waals surface area (Å²) in [5.41, 5.74) is 0. The van der Waals surface area contributed by atoms with Gasteiger partial charge in [-0.15, -0.1) is 0 Å². The zero-order chi connectivity index (χ0) is 22.5. The minimum atomic E-state index is -2.06. The standard InChI is InChI=1S/C22H41N3O3SSi/c1-16(2)14-15-18(28-30(7,8)22(3,4)5)19-25(24-21(27-19)29-6)20(26)23-17-12-10-9-11-13-17/h16-18H,9-15H2,1-8H3/p+1. The average molecular weight is 457 g/mol. The molecule has 1 aromatic heterocycles. The van der Waals surface area contributed by atoms with Crippen LogP contribution < -0.4 is 10.00 Å². The van der Waals surface area contributed by atoms with Crippen LogP contribution in [0.4, 0.5) is 4.79 Å². The lowest BCUT2D eigenvalue weighted by Crippen LogP contribution is -2.57. The topological polar surface area (TPSA) is 68.2 Å². The summed E-state index contributed by atoms with van der Waals surface area (Å²) in [5, 5.41) is 8.21. The second-order valence-electron chi connectivity index (χ2n) is 10.4. The van der Waals surface area contributed by atoms with Crippen LogP contribution in [-0.2, 0) is 4.43 Å². The smallest absolute Gasteiger partial charge is 0.403 e. The van der Waals surface area contributed by atoms with E-state index in [0.29, 0.717) is 17.0 Å². The van der Waals surface area contributed by atoms with Gasteiger partial charge in [-0.3, -0.25) is 0 Å². The Kier molecular flexibility index (Phi) is 9.00. The number of thioether (sulfide) groups is 1. The highest BCUT2D eigenvalue weighted by molar-refractivity contribution is 7.98. The average Bonchev–Trinajstić information content (AvgIpc) is 3.09. The number of carbonyl (C=O) groups excluding carboxylic acids is 1. The van der Waals surface area contributed by atoms with Gasteiger partial charge in [0, 0.05) is 0 Å². The van der Waals surface area contributed by atoms with Gasteiger partial charge in [-0.05, 0) is 78.6 Å². The molecule has 6 nitrogen and oxygen atoms in total. The fraction of sp³-hybridized carbons (Fsp3) is 0.864. The van der Waals surface area contributed by atoms with Crippen molar-refractivity contribution >= 4 is 26.1 Å². The number of rotatable bonds is 8. The summed E-state index contributed by atoms with van der Waals surface area (Å²) in [6, 6.07) is 0.0192. The Bertz CT molecular complexity index is 694. The number of hydrogen-bond acceptors (Lipinski definition) is 5. The number of nitrogens with zero attached hydrogens (tertiary/aromatic N) is 2. The summed E-state index contributed by atoms with van der Waals surface area (Å²) >= 11 is 1.41. The minimum absolute atomic E-state index is 0.0701. The van der Waals surface area contributed by atoms with Gasteiger partial charge in [0.2, 0.25) is 0 Å². The lowest BCUT2D eigenvalue weighted by atomic mass is 9.96. The van der Waals surface area contributed by atoms with Crippen molar-refractivity contribution < 1.29 is 18.3 Å². The minimum Gasteiger partial charge on any atom is -0.403 e. The molecule has 1 aliphatic carbocycles. The molecule has 30 heavy (non-hydrogen) atoms. The molecule has 0 aliphatic heterocycles. The normalized spacial score (nSPS) is 17.4. The van der Waals surface area contributed by atoms with Gasteiger partial charge in [0.25, 0.3) is 5.22 Å². The summed E-state index contributed by atoms with van der Waals surface area (Å²) in [6.45, 7) is 15.6. The number of carbonyl (C=O) groups is 1. The SMILES string of the molecule is CSc1n[n+](C(=O)NC2CCCCC2)c(C(CCC(C)C)O[Si](C)(C)C(C)(C)C)o1. The second kappa shape index (κ2) is 10.6. The highest BCUT2D eigenvalue weighted by Crippen LogP contribution is 2.41. The van der Waals surface area contributed by atoms with Gasteiger partial charge in [0.1, 0.15) is 6.10 Å². The quantitative estimate of drug-likeness (QED) is 0.292. The first-order valence-electron chi connectivity index (χ1n) is 11.4. The molecule has 0 aromatic carbocycles. The lowest BCUT2D eigenvalue weighted by molar-refractivity contribution is -0.651. The van der Waals surface area contributed by atoms with Gasteiger partial charge in [-0.1, -0.05) is 52.8 Å². The van der Waals surface area contributed by atoms with Crippen molar-refractivity contribution in [2.45, 2.75) is 115 Å². The van der Waals surface area contributed by atoms with Gasteiger partial charge >= 0.3 is 11.9 Å². The Balaban J connectivity index is 2.33. The van der Waals surface area contributed by atoms with E-state index in [9.17, 15) is 4.79 Å². The summed E-state index contributed by atoms with van der Waals surface area (Å²) in [7, 11) is -2.06. The predicted molar refractivity (Wildman–Crippen MR) is 124 cm³/mol. The molecule has 1 aliphatic rings. The van der Waals surface area contributed by atoms with Crippen molar-refractivity contribution in [1.82, 2.24) is 10.4 Å². The van der Waals surface area contributed by atoms with Crippen LogP contribution in [-0.4, -0.2) is 31.7 Å². The number of amides is 1. The monoisotopic (exact) mass is 456 g/mol. The first-order valence-corrected chi connectivity index (χ1v) is 15.5. The first kappa shape index (κ1) is 25.4. The molecule has 1 atom stereocenters. The van der Waals surface area contributed by atoms with E-state index in [1.807, 2.05) is 6.26 Å². The van der Waals surface area contributed by atoms with E-state index in [1.54, 1.807) is 0 Å². The van der Waals surface area contributed by atoms with Crippen molar-refractivity contribution in [3.8, 4) is 0 Å². The highest BCUT2D eigenvalue weighted by atomic mass is 32.2. The van der Waals surface area contributed by atoms with Gasteiger partial charge in [0.05, 0.1) is 6.04 Å². The van der Waals surface area contributed by atoms with Crippen molar-refractivity contribution in [3.63, 3.8) is 0 Å². The third kappa shape index (κ3) is 6.82. The molecule has 1 amide bonds. The third-order valence-corrected chi connectivity index (χ3v) is 11.4. The van der Waals surface area contributed by atoms with E-state index in [0.717, 1.165) is 25.7 Å². The number of aromatic nitrogens is 2. The Labute approximate surface area is 188 Å². The Morgan fingerprint density at radius 1 is 1.27 bits per heavy atom. The van der Waals surface area contributed by atoms with Crippen molar-refractivity contribution in [2.24, 2.45) is 5.92 Å². The summed E-state index contributed by atoms with van der Waals surface area (Å²) in [6.07, 6.45) is 9.10. The Morgan fingerprint density at radius 2 is 1.90 bits per heavy atom. The van der Waals surface area contributed by atoms with Crippen LogP contribution in [0.25, 0.3) is 0 Å². The van der Waals surface area contributed by atoms with Gasteiger partial charge < -0.3 is 8.84 Å². The molecule has 1 N–H and O–H groups in total. The molecule has 1 aromatic rings. The molecule has 0 spiro atoms. The fourth-order valence-electron chi connectivity index (χ4n) is 3.45. The predicted octanol–water partition coefficient (Wildman–Crippen LogP) is 6.07. The lowest BCUT2D eigenvalue weighted by Gasteiger charge is -2.38. The molecular formula is C22H42N3O3SSi+. The second-order valence-corrected chi connectivity index (χ2v) is 16.0. The van der Waals surface area contributed by atoms with Gasteiger partial charge in [-0.25, -0.2) is 5.32 Å². The molecule has 1 fully saturated rings. The van der Waals surface area contributed by atoms with Crippen LogP contribution in [0.1, 0.15) is 91.6 Å². The van der Waals surface area contributed by atoms with E-state index in [4.69, 9.17) is 8.84 Å². The van der Waals surface area contributed by atoms with Gasteiger partial charge in [0.15, 0.2) is 8.32 Å². The van der Waals surface area contributed by atoms with E-state index in [1.165, 1.54) is 35.7 Å². The van der Waals surface area contributed by atoms with Crippen LogP contribution in [0, 0.1) is 5.92 Å². The van der Waals surface area contributed by atoms with E-state index < -0.39 is 8.32 Å². The molecule has 172 valence electrons. The number of nitrogens with one attached hydrogen (secondary N) is 1. The molecule has 0 radical (unpaired) electrons. The van der Waals surface area contributed by atoms with Crippen molar-refractivity contribution in [1.29, 1.82) is 0 Å². The zero-order valence-corrected chi connectivity index (χ0v) is 22.0. The van der Waals surface area contributed by atoms with Crippen LogP contribution in [0.15, 0.2) is 9.64 Å². The van der Waals surface area contributed by atoms with E-state index in [-0.39, 0.29) is 23.2 Å². The molecule has 1 saturated carbocycles. The molecular weight excluding hydrogens is 414 g/mol. The van der Waals surface area contributed by atoms with Crippen molar-refractivity contribution in [3.05, 3.63) is 5.89 Å². The molecule has 0 bridgehead atoms. The highest BCUT2D eigenvalue weighted by Gasteiger charge is 2.43. The third-order valence-electron chi connectivity index (χ3n) is 6.41. The van der Waals surface area contributed by atoms with Crippen LogP contribution in [0.3, 0.4) is 0 Å². The van der Waals surface area contributed by atoms with E-state index >= 15 is 0 Å². The summed E-state index contributed by atoms with van der Waals surface area (Å²) < 4.78 is 14.3. The fourth-order valence-corrected chi connectivity index (χ4v) is 5.06. The van der Waals surface area contributed by atoms with Gasteiger partial charge in [-0.2, -0.15) is 4.79 Å². The maximum absolute atomic E-state index is 13.1. The molecule has 1 unspecified atom stereocenters. The molecule has 1 heterocycles. The molecule has 2 rings (SSSR count). The van der Waals surface area contributed by atoms with Crippen LogP contribution in [0.2, 0.25) is 18.1 Å². The maximum Gasteiger partial charge on any atom is 0.520 e. The van der Waals surface area contributed by atoms with Crippen LogP contribution >= 0.6 is 11.8 Å². The summed E-state index contributed by atoms with van der Waals surface area (Å²) in [4.78, 5) is 13.1. The first-order chi connectivity index (χ1) is 13.9. The molecule has 8 heteroatoms. The van der Waals surface area contributed by atoms with Crippen LogP contribution in [0.5, 0.6) is 0 Å².